The number of fused-ring (bicyclic) bond motifs is 1. The van der Waals surface area contributed by atoms with E-state index in [-0.39, 0.29) is 41.6 Å². The van der Waals surface area contributed by atoms with Crippen LogP contribution in [0.4, 0.5) is 5.82 Å². The van der Waals surface area contributed by atoms with Crippen LogP contribution in [0, 0.1) is 5.41 Å². The maximum atomic E-state index is 12.7. The molecule has 28 heteroatoms. The number of nitrogen functional groups attached to an aromatic ring is 1. The van der Waals surface area contributed by atoms with Gasteiger partial charge in [0.05, 0.1) is 19.5 Å². The monoisotopic (exact) mass is 835 g/mol. The third-order valence-electron chi connectivity index (χ3n) is 7.40. The van der Waals surface area contributed by atoms with Gasteiger partial charge < -0.3 is 50.9 Å². The van der Waals surface area contributed by atoms with Crippen molar-refractivity contribution in [2.45, 2.75) is 57.3 Å². The lowest BCUT2D eigenvalue weighted by Gasteiger charge is -2.30. The van der Waals surface area contributed by atoms with Gasteiger partial charge in [0.2, 0.25) is 16.9 Å². The summed E-state index contributed by atoms with van der Waals surface area (Å²) in [6.07, 6.45) is -4.38. The minimum Gasteiger partial charge on any atom is -0.385 e. The van der Waals surface area contributed by atoms with Gasteiger partial charge in [0.25, 0.3) is 0 Å². The molecular formula is C25H40N7O17P3S. The number of hydrogen-bond acceptors (Lipinski definition) is 18. The Labute approximate surface area is 305 Å². The molecule has 0 bridgehead atoms. The van der Waals surface area contributed by atoms with Crippen LogP contribution >= 0.6 is 35.2 Å². The molecule has 1 aliphatic rings. The number of rotatable bonds is 20. The number of thioether (sulfide) groups is 1. The molecule has 298 valence electrons. The van der Waals surface area contributed by atoms with E-state index in [2.05, 4.69) is 36.5 Å². The fourth-order valence-electron chi connectivity index (χ4n) is 4.65. The number of nitrogens with one attached hydrogen (secondary N) is 2. The normalized spacial score (nSPS) is 23.5. The summed E-state index contributed by atoms with van der Waals surface area (Å²) in [5.74, 6) is -1.19. The number of carbonyl (C=O) groups excluding carboxylic acids is 3. The number of phosphoric ester groups is 3. The molecule has 0 aromatic carbocycles. The number of phosphoric acid groups is 3. The molecule has 24 nitrogen and oxygen atoms in total. The van der Waals surface area contributed by atoms with E-state index in [1.807, 2.05) is 0 Å². The molecule has 2 aromatic rings. The number of aliphatic hydroxyl groups excluding tert-OH is 2. The first-order chi connectivity index (χ1) is 24.4. The zero-order chi connectivity index (χ0) is 40.0. The van der Waals surface area contributed by atoms with Crippen molar-refractivity contribution in [1.82, 2.24) is 30.2 Å². The van der Waals surface area contributed by atoms with Crippen LogP contribution in [0.2, 0.25) is 0 Å². The van der Waals surface area contributed by atoms with Crippen molar-refractivity contribution in [2.24, 2.45) is 5.41 Å². The highest BCUT2D eigenvalue weighted by Gasteiger charge is 2.57. The first-order valence-corrected chi connectivity index (χ1v) is 20.6. The van der Waals surface area contributed by atoms with Gasteiger partial charge in [0, 0.05) is 30.7 Å². The van der Waals surface area contributed by atoms with Crippen LogP contribution in [0.3, 0.4) is 0 Å². The van der Waals surface area contributed by atoms with Gasteiger partial charge in [-0.15, -0.1) is 0 Å². The molecule has 7 unspecified atom stereocenters. The van der Waals surface area contributed by atoms with Gasteiger partial charge in [0.1, 0.15) is 36.3 Å². The molecule has 10 N–H and O–H groups in total. The number of imidazole rings is 1. The average Bonchev–Trinajstić information content (AvgIpc) is 3.60. The predicted octanol–water partition coefficient (Wildman–Crippen LogP) is -0.975. The molecule has 2 aromatic heterocycles. The zero-order valence-corrected chi connectivity index (χ0v) is 31.8. The van der Waals surface area contributed by atoms with Crippen LogP contribution in [0.5, 0.6) is 0 Å². The number of anilines is 1. The summed E-state index contributed by atoms with van der Waals surface area (Å²) >= 11 is 0.952. The number of carbonyl (C=O) groups is 3. The highest BCUT2D eigenvalue weighted by Crippen LogP contribution is 2.61. The SMILES string of the molecule is C=CC(=O)SCCNC(=O)CCNC(=O)C(O)C(C)(C)COP(=O)(O)OP(=O)(O)OCC1OC(C)(n2cnc3c(N)ncnc32)C(O)C1OP(=O)(O)O. The Bertz CT molecular complexity index is 1810. The third kappa shape index (κ3) is 12.4. The molecule has 1 saturated heterocycles. The highest BCUT2D eigenvalue weighted by atomic mass is 32.2. The molecule has 3 rings (SSSR count). The predicted molar refractivity (Wildman–Crippen MR) is 182 cm³/mol. The molecule has 0 radical (unpaired) electrons. The Morgan fingerprint density at radius 1 is 1.13 bits per heavy atom. The number of ether oxygens (including phenoxy) is 1. The van der Waals surface area contributed by atoms with Crippen LogP contribution in [0.15, 0.2) is 25.3 Å². The minimum absolute atomic E-state index is 0.0174. The van der Waals surface area contributed by atoms with Crippen LogP contribution in [-0.4, -0.2) is 123 Å². The van der Waals surface area contributed by atoms with E-state index in [1.165, 1.54) is 20.8 Å². The van der Waals surface area contributed by atoms with E-state index < -0.39 is 84.1 Å². The number of nitrogens with zero attached hydrogens (tertiary/aromatic N) is 4. The van der Waals surface area contributed by atoms with Gasteiger partial charge in [-0.25, -0.2) is 28.6 Å². The largest absolute Gasteiger partial charge is 0.481 e. The van der Waals surface area contributed by atoms with E-state index in [4.69, 9.17) is 24.0 Å². The number of hydrogen-bond donors (Lipinski definition) is 9. The van der Waals surface area contributed by atoms with Crippen molar-refractivity contribution in [3.63, 3.8) is 0 Å². The van der Waals surface area contributed by atoms with Gasteiger partial charge in [0.15, 0.2) is 17.2 Å². The number of nitrogens with two attached hydrogens (primary N) is 1. The van der Waals surface area contributed by atoms with Crippen molar-refractivity contribution in [3.05, 3.63) is 25.3 Å². The summed E-state index contributed by atoms with van der Waals surface area (Å²) in [5.41, 5.74) is 2.29. The van der Waals surface area contributed by atoms with Crippen LogP contribution in [0.25, 0.3) is 11.2 Å². The maximum Gasteiger partial charge on any atom is 0.481 e. The van der Waals surface area contributed by atoms with Crippen LogP contribution in [-0.2, 0) is 56.4 Å². The van der Waals surface area contributed by atoms with Crippen molar-refractivity contribution in [2.75, 3.05) is 37.8 Å². The second-order valence-electron chi connectivity index (χ2n) is 12.0. The Kier molecular flexibility index (Phi) is 15.0. The molecule has 53 heavy (non-hydrogen) atoms. The fourth-order valence-corrected chi connectivity index (χ4v) is 8.00. The van der Waals surface area contributed by atoms with Gasteiger partial charge in [-0.2, -0.15) is 4.31 Å². The molecule has 3 heterocycles. The van der Waals surface area contributed by atoms with E-state index in [1.54, 1.807) is 0 Å². The van der Waals surface area contributed by atoms with Crippen LogP contribution < -0.4 is 16.4 Å². The Balaban J connectivity index is 1.57. The van der Waals surface area contributed by atoms with E-state index in [0.29, 0.717) is 5.75 Å². The quantitative estimate of drug-likeness (QED) is 0.0440. The topological polar surface area (TPSA) is 364 Å². The molecule has 1 aliphatic heterocycles. The van der Waals surface area contributed by atoms with Crippen molar-refractivity contribution >= 4 is 69.1 Å². The molecule has 7 atom stereocenters. The summed E-state index contributed by atoms with van der Waals surface area (Å²) in [5, 5.41) is 26.2. The molecule has 1 fully saturated rings. The summed E-state index contributed by atoms with van der Waals surface area (Å²) in [7, 11) is -16.4. The Hall–Kier alpha value is -2.70. The second-order valence-corrected chi connectivity index (χ2v) is 17.3. The van der Waals surface area contributed by atoms with Gasteiger partial charge in [-0.1, -0.05) is 32.2 Å². The minimum atomic E-state index is -5.59. The summed E-state index contributed by atoms with van der Waals surface area (Å²) in [6.45, 7) is 4.99. The zero-order valence-electron chi connectivity index (χ0n) is 28.3. The highest BCUT2D eigenvalue weighted by molar-refractivity contribution is 8.14. The number of aliphatic hydroxyl groups is 2. The first kappa shape index (κ1) is 44.7. The Morgan fingerprint density at radius 2 is 1.79 bits per heavy atom. The summed E-state index contributed by atoms with van der Waals surface area (Å²) in [6, 6.07) is 0. The van der Waals surface area contributed by atoms with Gasteiger partial charge >= 0.3 is 23.5 Å². The van der Waals surface area contributed by atoms with Crippen molar-refractivity contribution in [3.8, 4) is 0 Å². The number of aromatic nitrogens is 4. The maximum absolute atomic E-state index is 12.7. The van der Waals surface area contributed by atoms with Crippen molar-refractivity contribution in [1.29, 1.82) is 0 Å². The van der Waals surface area contributed by atoms with Gasteiger partial charge in [-0.05, 0) is 13.0 Å². The van der Waals surface area contributed by atoms with Crippen LogP contribution in [0.1, 0.15) is 27.2 Å². The third-order valence-corrected chi connectivity index (χ3v) is 11.4. The van der Waals surface area contributed by atoms with Gasteiger partial charge in [-0.3, -0.25) is 32.5 Å². The average molecular weight is 836 g/mol. The fraction of sp³-hybridized carbons (Fsp3) is 0.600. The van der Waals surface area contributed by atoms with E-state index in [9.17, 15) is 57.9 Å². The molecule has 0 spiro atoms. The number of amides is 2. The Morgan fingerprint density at radius 3 is 2.43 bits per heavy atom. The lowest BCUT2D eigenvalue weighted by atomic mass is 9.87. The summed E-state index contributed by atoms with van der Waals surface area (Å²) in [4.78, 5) is 86.7. The lowest BCUT2D eigenvalue weighted by molar-refractivity contribution is -0.137. The standard InChI is InChI=1S/C25H40N7O17P3S/c1-5-16(34)53-9-8-27-15(33)6-7-28-23(37)20(36)24(2,3)11-46-52(43,44)49-51(41,42)45-10-14-18(48-50(38,39)40)19(35)25(4,47-14)32-13-31-17-21(26)29-12-30-22(17)32/h5,12-14,18-20,35-36H,1,6-11H2,2-4H3,(H,27,33)(H,28,37)(H,41,42)(H,43,44)(H2,26,29,30)(H2,38,39,40). The van der Waals surface area contributed by atoms with E-state index in [0.717, 1.165) is 35.1 Å². The second kappa shape index (κ2) is 17.8. The summed E-state index contributed by atoms with van der Waals surface area (Å²) < 4.78 is 62.4. The lowest BCUT2D eigenvalue weighted by Crippen LogP contribution is -2.46. The van der Waals surface area contributed by atoms with E-state index >= 15 is 0 Å². The smallest absolute Gasteiger partial charge is 0.385 e. The molecule has 2 amide bonds. The molecular weight excluding hydrogens is 795 g/mol. The van der Waals surface area contributed by atoms with Crippen molar-refractivity contribution < 1.29 is 80.5 Å². The molecule has 0 saturated carbocycles. The first-order valence-electron chi connectivity index (χ1n) is 15.1. The molecule has 0 aliphatic carbocycles.